The van der Waals surface area contributed by atoms with Gasteiger partial charge in [-0.25, -0.2) is 4.98 Å². The number of aryl methyl sites for hydroxylation is 3. The third-order valence-corrected chi connectivity index (χ3v) is 3.22. The predicted octanol–water partition coefficient (Wildman–Crippen LogP) is 2.50. The second kappa shape index (κ2) is 7.82. The first-order chi connectivity index (χ1) is 9.79. The third-order valence-electron chi connectivity index (χ3n) is 3.22. The first-order valence-corrected chi connectivity index (χ1v) is 6.96. The van der Waals surface area contributed by atoms with Crippen molar-refractivity contribution in [2.24, 2.45) is 0 Å². The maximum absolute atomic E-state index is 5.49. The summed E-state index contributed by atoms with van der Waals surface area (Å²) in [6.07, 6.45) is 3.38. The molecule has 0 amide bonds. The summed E-state index contributed by atoms with van der Waals surface area (Å²) in [5.74, 6) is 0.969. The number of methoxy groups -OCH3 is 1. The van der Waals surface area contributed by atoms with Gasteiger partial charge in [0.2, 0.25) is 0 Å². The van der Waals surface area contributed by atoms with E-state index in [2.05, 4.69) is 41.5 Å². The van der Waals surface area contributed by atoms with Gasteiger partial charge in [-0.15, -0.1) is 0 Å². The summed E-state index contributed by atoms with van der Waals surface area (Å²) < 4.78 is 10.5. The van der Waals surface area contributed by atoms with Gasteiger partial charge in [0.15, 0.2) is 6.39 Å². The Hall–Kier alpha value is -1.65. The molecule has 1 N–H and O–H groups in total. The van der Waals surface area contributed by atoms with Crippen LogP contribution < -0.4 is 5.32 Å². The summed E-state index contributed by atoms with van der Waals surface area (Å²) in [5, 5.41) is 3.29. The van der Waals surface area contributed by atoms with Crippen LogP contribution in [0.5, 0.6) is 0 Å². The van der Waals surface area contributed by atoms with Crippen LogP contribution in [0.2, 0.25) is 0 Å². The quantitative estimate of drug-likeness (QED) is 0.751. The van der Waals surface area contributed by atoms with Crippen molar-refractivity contribution in [3.05, 3.63) is 53.2 Å². The molecule has 4 heteroatoms. The highest BCUT2D eigenvalue weighted by atomic mass is 16.5. The Morgan fingerprint density at radius 2 is 2.20 bits per heavy atom. The summed E-state index contributed by atoms with van der Waals surface area (Å²) in [6.45, 7) is 4.36. The molecule has 1 aromatic carbocycles. The molecule has 0 spiro atoms. The zero-order valence-electron chi connectivity index (χ0n) is 12.2. The molecule has 1 aromatic heterocycles. The molecule has 0 atom stereocenters. The molecule has 0 aliphatic heterocycles. The SMILES string of the molecule is COCCNCc1ncoc1CCc1cccc(C)c1. The number of oxazole rings is 1. The average molecular weight is 274 g/mol. The number of aromatic nitrogens is 1. The van der Waals surface area contributed by atoms with Crippen LogP contribution in [-0.4, -0.2) is 25.2 Å². The fourth-order valence-corrected chi connectivity index (χ4v) is 2.15. The molecule has 2 rings (SSSR count). The fraction of sp³-hybridized carbons (Fsp3) is 0.438. The van der Waals surface area contributed by atoms with Gasteiger partial charge >= 0.3 is 0 Å². The van der Waals surface area contributed by atoms with Crippen LogP contribution >= 0.6 is 0 Å². The minimum absolute atomic E-state index is 0.705. The molecule has 0 fully saturated rings. The zero-order chi connectivity index (χ0) is 14.2. The smallest absolute Gasteiger partial charge is 0.181 e. The first-order valence-electron chi connectivity index (χ1n) is 6.96. The van der Waals surface area contributed by atoms with Crippen molar-refractivity contribution in [2.75, 3.05) is 20.3 Å². The van der Waals surface area contributed by atoms with E-state index in [1.165, 1.54) is 17.5 Å². The average Bonchev–Trinajstić information content (AvgIpc) is 2.89. The monoisotopic (exact) mass is 274 g/mol. The highest BCUT2D eigenvalue weighted by molar-refractivity contribution is 5.23. The molecule has 1 heterocycles. The zero-order valence-corrected chi connectivity index (χ0v) is 12.2. The van der Waals surface area contributed by atoms with Crippen molar-refractivity contribution in [3.63, 3.8) is 0 Å². The fourth-order valence-electron chi connectivity index (χ4n) is 2.15. The van der Waals surface area contributed by atoms with Gasteiger partial charge in [0.05, 0.1) is 12.3 Å². The Bertz CT molecular complexity index is 523. The van der Waals surface area contributed by atoms with Crippen LogP contribution in [-0.2, 0) is 24.1 Å². The highest BCUT2D eigenvalue weighted by Crippen LogP contribution is 2.12. The number of nitrogens with one attached hydrogen (secondary N) is 1. The topological polar surface area (TPSA) is 47.3 Å². The second-order valence-electron chi connectivity index (χ2n) is 4.88. The second-order valence-corrected chi connectivity index (χ2v) is 4.88. The molecular formula is C16H22N2O2. The summed E-state index contributed by atoms with van der Waals surface area (Å²) in [7, 11) is 1.70. The summed E-state index contributed by atoms with van der Waals surface area (Å²) in [6, 6.07) is 8.58. The standard InChI is InChI=1S/C16H22N2O2/c1-13-4-3-5-14(10-13)6-7-16-15(18-12-20-16)11-17-8-9-19-2/h3-5,10,12,17H,6-9,11H2,1-2H3. The lowest BCUT2D eigenvalue weighted by Gasteiger charge is -2.04. The van der Waals surface area contributed by atoms with Crippen molar-refractivity contribution in [1.82, 2.24) is 10.3 Å². The molecule has 0 bridgehead atoms. The molecule has 108 valence electrons. The first kappa shape index (κ1) is 14.8. The van der Waals surface area contributed by atoms with Gasteiger partial charge in [-0.1, -0.05) is 29.8 Å². The van der Waals surface area contributed by atoms with Crippen molar-refractivity contribution < 1.29 is 9.15 Å². The van der Waals surface area contributed by atoms with Gasteiger partial charge < -0.3 is 14.5 Å². The van der Waals surface area contributed by atoms with E-state index in [9.17, 15) is 0 Å². The molecular weight excluding hydrogens is 252 g/mol. The number of ether oxygens (including phenoxy) is 1. The van der Waals surface area contributed by atoms with E-state index in [4.69, 9.17) is 9.15 Å². The van der Waals surface area contributed by atoms with Crippen LogP contribution in [0.15, 0.2) is 35.1 Å². The normalized spacial score (nSPS) is 10.9. The van der Waals surface area contributed by atoms with Crippen LogP contribution in [0.25, 0.3) is 0 Å². The van der Waals surface area contributed by atoms with Crippen LogP contribution in [0.1, 0.15) is 22.6 Å². The van der Waals surface area contributed by atoms with Gasteiger partial charge in [-0.2, -0.15) is 0 Å². The Kier molecular flexibility index (Phi) is 5.77. The Morgan fingerprint density at radius 1 is 1.30 bits per heavy atom. The summed E-state index contributed by atoms with van der Waals surface area (Å²) in [4.78, 5) is 4.27. The summed E-state index contributed by atoms with van der Waals surface area (Å²) >= 11 is 0. The predicted molar refractivity (Wildman–Crippen MR) is 78.7 cm³/mol. The Labute approximate surface area is 120 Å². The molecule has 0 aliphatic rings. The molecule has 0 saturated carbocycles. The van der Waals surface area contributed by atoms with Crippen molar-refractivity contribution in [3.8, 4) is 0 Å². The van der Waals surface area contributed by atoms with E-state index in [0.717, 1.165) is 37.4 Å². The van der Waals surface area contributed by atoms with Crippen LogP contribution in [0.4, 0.5) is 0 Å². The van der Waals surface area contributed by atoms with Gasteiger partial charge in [0, 0.05) is 26.6 Å². The van der Waals surface area contributed by atoms with Gasteiger partial charge in [-0.3, -0.25) is 0 Å². The van der Waals surface area contributed by atoms with E-state index in [0.29, 0.717) is 6.61 Å². The molecule has 4 nitrogen and oxygen atoms in total. The Morgan fingerprint density at radius 3 is 3.00 bits per heavy atom. The third kappa shape index (κ3) is 4.47. The molecule has 0 aliphatic carbocycles. The molecule has 20 heavy (non-hydrogen) atoms. The summed E-state index contributed by atoms with van der Waals surface area (Å²) in [5.41, 5.74) is 3.62. The largest absolute Gasteiger partial charge is 0.448 e. The van der Waals surface area contributed by atoms with E-state index in [1.54, 1.807) is 7.11 Å². The molecule has 0 unspecified atom stereocenters. The Balaban J connectivity index is 1.85. The van der Waals surface area contributed by atoms with Crippen LogP contribution in [0.3, 0.4) is 0 Å². The maximum Gasteiger partial charge on any atom is 0.181 e. The number of nitrogens with zero attached hydrogens (tertiary/aromatic N) is 1. The number of rotatable bonds is 8. The van der Waals surface area contributed by atoms with E-state index in [-0.39, 0.29) is 0 Å². The maximum atomic E-state index is 5.49. The van der Waals surface area contributed by atoms with Gasteiger partial charge in [-0.05, 0) is 18.9 Å². The van der Waals surface area contributed by atoms with Gasteiger partial charge in [0.1, 0.15) is 5.76 Å². The number of hydrogen-bond acceptors (Lipinski definition) is 4. The highest BCUT2D eigenvalue weighted by Gasteiger charge is 2.08. The lowest BCUT2D eigenvalue weighted by Crippen LogP contribution is -2.19. The number of benzene rings is 1. The minimum Gasteiger partial charge on any atom is -0.448 e. The van der Waals surface area contributed by atoms with Crippen molar-refractivity contribution >= 4 is 0 Å². The molecule has 0 radical (unpaired) electrons. The lowest BCUT2D eigenvalue weighted by molar-refractivity contribution is 0.199. The minimum atomic E-state index is 0.705. The molecule has 0 saturated heterocycles. The molecule has 2 aromatic rings. The van der Waals surface area contributed by atoms with Crippen LogP contribution in [0, 0.1) is 6.92 Å². The lowest BCUT2D eigenvalue weighted by atomic mass is 10.1. The van der Waals surface area contributed by atoms with E-state index < -0.39 is 0 Å². The van der Waals surface area contributed by atoms with E-state index in [1.807, 2.05) is 0 Å². The van der Waals surface area contributed by atoms with Crippen molar-refractivity contribution in [1.29, 1.82) is 0 Å². The number of hydrogen-bond donors (Lipinski definition) is 1. The van der Waals surface area contributed by atoms with E-state index >= 15 is 0 Å². The van der Waals surface area contributed by atoms with Gasteiger partial charge in [0.25, 0.3) is 0 Å². The van der Waals surface area contributed by atoms with Crippen molar-refractivity contribution in [2.45, 2.75) is 26.3 Å².